The van der Waals surface area contributed by atoms with Crippen LogP contribution in [-0.4, -0.2) is 34.4 Å². The number of thioether (sulfide) groups is 1. The van der Waals surface area contributed by atoms with Crippen molar-refractivity contribution in [3.8, 4) is 0 Å². The number of carboxylic acids is 1. The summed E-state index contributed by atoms with van der Waals surface area (Å²) in [4.78, 5) is 33.0. The summed E-state index contributed by atoms with van der Waals surface area (Å²) < 4.78 is 0. The molecule has 2 amide bonds. The van der Waals surface area contributed by atoms with Crippen LogP contribution in [0.4, 0.5) is 5.69 Å². The SMILES string of the molecule is Cc1cc(NC(=O)CCSCC(N)=O)ccc1C(=O)O. The number of hydrogen-bond donors (Lipinski definition) is 3. The van der Waals surface area contributed by atoms with Gasteiger partial charge in [0.2, 0.25) is 11.8 Å². The number of hydrogen-bond acceptors (Lipinski definition) is 4. The molecule has 0 aliphatic rings. The minimum atomic E-state index is -0.997. The highest BCUT2D eigenvalue weighted by atomic mass is 32.2. The predicted molar refractivity (Wildman–Crippen MR) is 77.9 cm³/mol. The van der Waals surface area contributed by atoms with E-state index in [1.54, 1.807) is 19.1 Å². The largest absolute Gasteiger partial charge is 0.478 e. The summed E-state index contributed by atoms with van der Waals surface area (Å²) in [5, 5.41) is 11.6. The molecule has 0 aliphatic carbocycles. The number of carbonyl (C=O) groups excluding carboxylic acids is 2. The van der Waals surface area contributed by atoms with E-state index in [2.05, 4.69) is 5.32 Å². The molecular formula is C13H16N2O4S. The second-order valence-corrected chi connectivity index (χ2v) is 5.26. The Morgan fingerprint density at radius 1 is 1.35 bits per heavy atom. The third-order valence-corrected chi connectivity index (χ3v) is 3.44. The number of aromatic carboxylic acids is 1. The Balaban J connectivity index is 2.48. The number of aryl methyl sites for hydroxylation is 1. The van der Waals surface area contributed by atoms with Gasteiger partial charge in [-0.1, -0.05) is 0 Å². The Bertz CT molecular complexity index is 531. The fraction of sp³-hybridized carbons (Fsp3) is 0.308. The number of carboxylic acid groups (broad SMARTS) is 1. The molecule has 1 aromatic rings. The molecule has 0 saturated carbocycles. The summed E-state index contributed by atoms with van der Waals surface area (Å²) in [6.45, 7) is 1.67. The molecule has 0 bridgehead atoms. The molecule has 1 aromatic carbocycles. The Hall–Kier alpha value is -2.02. The van der Waals surface area contributed by atoms with Crippen LogP contribution in [0.5, 0.6) is 0 Å². The Morgan fingerprint density at radius 3 is 2.60 bits per heavy atom. The van der Waals surface area contributed by atoms with E-state index in [9.17, 15) is 14.4 Å². The standard InChI is InChI=1S/C13H16N2O4S/c1-8-6-9(2-3-10(8)13(18)19)15-12(17)4-5-20-7-11(14)16/h2-3,6H,4-5,7H2,1H3,(H2,14,16)(H,15,17)(H,18,19). The predicted octanol–water partition coefficient (Wildman–Crippen LogP) is 1.24. The van der Waals surface area contributed by atoms with Gasteiger partial charge < -0.3 is 16.2 Å². The average Bonchev–Trinajstić information content (AvgIpc) is 2.34. The Morgan fingerprint density at radius 2 is 2.05 bits per heavy atom. The van der Waals surface area contributed by atoms with E-state index in [0.29, 0.717) is 17.0 Å². The summed E-state index contributed by atoms with van der Waals surface area (Å²) >= 11 is 1.30. The minimum absolute atomic E-state index is 0.190. The van der Waals surface area contributed by atoms with E-state index < -0.39 is 11.9 Å². The number of amides is 2. The van der Waals surface area contributed by atoms with Crippen LogP contribution in [0.1, 0.15) is 22.3 Å². The number of benzene rings is 1. The van der Waals surface area contributed by atoms with Gasteiger partial charge in [0.15, 0.2) is 0 Å². The van der Waals surface area contributed by atoms with Gasteiger partial charge in [-0.05, 0) is 30.7 Å². The van der Waals surface area contributed by atoms with Crippen LogP contribution in [0.3, 0.4) is 0 Å². The van der Waals surface area contributed by atoms with Crippen molar-refractivity contribution in [3.63, 3.8) is 0 Å². The van der Waals surface area contributed by atoms with Gasteiger partial charge in [0, 0.05) is 17.9 Å². The molecule has 0 radical (unpaired) electrons. The van der Waals surface area contributed by atoms with Crippen molar-refractivity contribution in [2.24, 2.45) is 5.73 Å². The van der Waals surface area contributed by atoms with Crippen LogP contribution in [0.25, 0.3) is 0 Å². The summed E-state index contributed by atoms with van der Waals surface area (Å²) in [7, 11) is 0. The second kappa shape index (κ2) is 7.54. The van der Waals surface area contributed by atoms with Crippen molar-refractivity contribution in [2.45, 2.75) is 13.3 Å². The molecule has 0 spiro atoms. The zero-order valence-corrected chi connectivity index (χ0v) is 11.8. The van der Waals surface area contributed by atoms with Crippen LogP contribution < -0.4 is 11.1 Å². The van der Waals surface area contributed by atoms with Gasteiger partial charge >= 0.3 is 5.97 Å². The molecule has 0 heterocycles. The third-order valence-electron chi connectivity index (χ3n) is 2.46. The van der Waals surface area contributed by atoms with E-state index in [-0.39, 0.29) is 23.6 Å². The maximum atomic E-state index is 11.6. The van der Waals surface area contributed by atoms with Gasteiger partial charge in [-0.3, -0.25) is 9.59 Å². The van der Waals surface area contributed by atoms with Gasteiger partial charge in [0.1, 0.15) is 0 Å². The van der Waals surface area contributed by atoms with Crippen molar-refractivity contribution < 1.29 is 19.5 Å². The Labute approximate surface area is 120 Å². The van der Waals surface area contributed by atoms with E-state index in [1.807, 2.05) is 0 Å². The fourth-order valence-electron chi connectivity index (χ4n) is 1.54. The molecule has 20 heavy (non-hydrogen) atoms. The number of nitrogens with two attached hydrogens (primary N) is 1. The molecule has 0 aromatic heterocycles. The van der Waals surface area contributed by atoms with E-state index in [0.717, 1.165) is 0 Å². The molecule has 0 aliphatic heterocycles. The summed E-state index contributed by atoms with van der Waals surface area (Å²) in [5.41, 5.74) is 6.32. The van der Waals surface area contributed by atoms with Crippen LogP contribution in [0.2, 0.25) is 0 Å². The number of anilines is 1. The zero-order chi connectivity index (χ0) is 15.1. The van der Waals surface area contributed by atoms with Gasteiger partial charge in [-0.25, -0.2) is 4.79 Å². The van der Waals surface area contributed by atoms with Crippen LogP contribution in [-0.2, 0) is 9.59 Å². The lowest BCUT2D eigenvalue weighted by atomic mass is 10.1. The van der Waals surface area contributed by atoms with Gasteiger partial charge in [-0.15, -0.1) is 0 Å². The van der Waals surface area contributed by atoms with Crippen LogP contribution in [0, 0.1) is 6.92 Å². The van der Waals surface area contributed by atoms with Gasteiger partial charge in [0.05, 0.1) is 11.3 Å². The molecule has 0 unspecified atom stereocenters. The number of rotatable bonds is 7. The number of nitrogens with one attached hydrogen (secondary N) is 1. The first kappa shape index (κ1) is 16.0. The van der Waals surface area contributed by atoms with Crippen LogP contribution >= 0.6 is 11.8 Å². The lowest BCUT2D eigenvalue weighted by molar-refractivity contribution is -0.116. The topological polar surface area (TPSA) is 109 Å². The van der Waals surface area contributed by atoms with Gasteiger partial charge in [-0.2, -0.15) is 11.8 Å². The van der Waals surface area contributed by atoms with Crippen LogP contribution in [0.15, 0.2) is 18.2 Å². The van der Waals surface area contributed by atoms with Crippen molar-refractivity contribution >= 4 is 35.2 Å². The summed E-state index contributed by atoms with van der Waals surface area (Å²) in [6.07, 6.45) is 0.262. The molecule has 108 valence electrons. The minimum Gasteiger partial charge on any atom is -0.478 e. The molecule has 4 N–H and O–H groups in total. The molecule has 0 saturated heterocycles. The zero-order valence-electron chi connectivity index (χ0n) is 11.0. The average molecular weight is 296 g/mol. The molecule has 0 fully saturated rings. The number of primary amides is 1. The van der Waals surface area contributed by atoms with Crippen molar-refractivity contribution in [1.82, 2.24) is 0 Å². The third kappa shape index (κ3) is 5.31. The smallest absolute Gasteiger partial charge is 0.335 e. The maximum absolute atomic E-state index is 11.6. The van der Waals surface area contributed by atoms with Crippen molar-refractivity contribution in [3.05, 3.63) is 29.3 Å². The highest BCUT2D eigenvalue weighted by Gasteiger charge is 2.09. The second-order valence-electron chi connectivity index (χ2n) is 4.15. The van der Waals surface area contributed by atoms with E-state index in [1.165, 1.54) is 17.8 Å². The monoisotopic (exact) mass is 296 g/mol. The molecule has 7 heteroatoms. The first-order valence-electron chi connectivity index (χ1n) is 5.90. The quantitative estimate of drug-likeness (QED) is 0.656. The first-order valence-corrected chi connectivity index (χ1v) is 7.05. The lowest BCUT2D eigenvalue weighted by Gasteiger charge is -2.07. The summed E-state index contributed by atoms with van der Waals surface area (Å²) in [6, 6.07) is 4.61. The normalized spacial score (nSPS) is 10.1. The van der Waals surface area contributed by atoms with Crippen molar-refractivity contribution in [2.75, 3.05) is 16.8 Å². The van der Waals surface area contributed by atoms with Crippen molar-refractivity contribution in [1.29, 1.82) is 0 Å². The summed E-state index contributed by atoms with van der Waals surface area (Å²) in [5.74, 6) is -0.899. The fourth-order valence-corrected chi connectivity index (χ4v) is 2.22. The van der Waals surface area contributed by atoms with E-state index >= 15 is 0 Å². The molecular weight excluding hydrogens is 280 g/mol. The number of carbonyl (C=O) groups is 3. The first-order chi connectivity index (χ1) is 9.40. The maximum Gasteiger partial charge on any atom is 0.335 e. The van der Waals surface area contributed by atoms with Gasteiger partial charge in [0.25, 0.3) is 0 Å². The molecule has 1 rings (SSSR count). The lowest BCUT2D eigenvalue weighted by Crippen LogP contribution is -2.16. The highest BCUT2D eigenvalue weighted by molar-refractivity contribution is 7.99. The molecule has 6 nitrogen and oxygen atoms in total. The highest BCUT2D eigenvalue weighted by Crippen LogP contribution is 2.15. The molecule has 0 atom stereocenters. The Kier molecular flexibility index (Phi) is 6.05. The van der Waals surface area contributed by atoms with E-state index in [4.69, 9.17) is 10.8 Å².